The Morgan fingerprint density at radius 3 is 2.88 bits per heavy atom. The van der Waals surface area contributed by atoms with Crippen LogP contribution < -0.4 is 5.32 Å². The van der Waals surface area contributed by atoms with E-state index >= 15 is 0 Å². The summed E-state index contributed by atoms with van der Waals surface area (Å²) in [6, 6.07) is 8.38. The first-order valence-corrected chi connectivity index (χ1v) is 8.00. The van der Waals surface area contributed by atoms with Crippen molar-refractivity contribution in [2.75, 3.05) is 5.32 Å². The highest BCUT2D eigenvalue weighted by molar-refractivity contribution is 7.13. The Hall–Kier alpha value is -3.20. The number of hydrogen-bond acceptors (Lipinski definition) is 6. The van der Waals surface area contributed by atoms with Crippen LogP contribution in [0.2, 0.25) is 0 Å². The van der Waals surface area contributed by atoms with Gasteiger partial charge in [-0.25, -0.2) is 9.37 Å². The summed E-state index contributed by atoms with van der Waals surface area (Å²) in [6.07, 6.45) is 1.57. The highest BCUT2D eigenvalue weighted by Gasteiger charge is 2.15. The molecule has 0 unspecified atom stereocenters. The van der Waals surface area contributed by atoms with Crippen LogP contribution in [-0.4, -0.2) is 20.8 Å². The van der Waals surface area contributed by atoms with Crippen molar-refractivity contribution < 1.29 is 14.1 Å². The molecule has 0 saturated heterocycles. The van der Waals surface area contributed by atoms with Crippen molar-refractivity contribution in [3.63, 3.8) is 0 Å². The van der Waals surface area contributed by atoms with Crippen molar-refractivity contribution in [1.82, 2.24) is 9.97 Å². The molecule has 0 aliphatic rings. The van der Waals surface area contributed by atoms with Crippen LogP contribution in [0.4, 0.5) is 15.8 Å². The van der Waals surface area contributed by atoms with Gasteiger partial charge in [0.25, 0.3) is 5.69 Å². The van der Waals surface area contributed by atoms with Gasteiger partial charge in [0.05, 0.1) is 28.4 Å². The van der Waals surface area contributed by atoms with Gasteiger partial charge in [0.15, 0.2) is 0 Å². The van der Waals surface area contributed by atoms with Crippen molar-refractivity contribution in [3.05, 3.63) is 69.6 Å². The molecule has 0 aliphatic heterocycles. The van der Waals surface area contributed by atoms with E-state index in [1.165, 1.54) is 11.3 Å². The number of nitro groups is 1. The molecular formula is C16H11FN4O3S. The van der Waals surface area contributed by atoms with Crippen LogP contribution in [-0.2, 0) is 11.2 Å². The van der Waals surface area contributed by atoms with Crippen LogP contribution in [0, 0.1) is 15.9 Å². The van der Waals surface area contributed by atoms with Gasteiger partial charge < -0.3 is 5.32 Å². The zero-order chi connectivity index (χ0) is 17.8. The number of rotatable bonds is 5. The lowest BCUT2D eigenvalue weighted by atomic mass is 10.2. The lowest BCUT2D eigenvalue weighted by Gasteiger charge is -2.05. The second-order valence-electron chi connectivity index (χ2n) is 5.01. The van der Waals surface area contributed by atoms with Gasteiger partial charge in [-0.05, 0) is 18.2 Å². The number of halogens is 1. The number of anilines is 1. The van der Waals surface area contributed by atoms with E-state index in [1.54, 1.807) is 23.7 Å². The summed E-state index contributed by atoms with van der Waals surface area (Å²) in [6.45, 7) is 0. The number of carbonyl (C=O) groups excluding carboxylic acids is 1. The zero-order valence-corrected chi connectivity index (χ0v) is 13.5. The first-order chi connectivity index (χ1) is 12.0. The number of aromatic nitrogens is 2. The predicted molar refractivity (Wildman–Crippen MR) is 90.7 cm³/mol. The number of nitrogens with one attached hydrogen (secondary N) is 1. The summed E-state index contributed by atoms with van der Waals surface area (Å²) >= 11 is 1.34. The molecule has 7 nitrogen and oxygen atoms in total. The van der Waals surface area contributed by atoms with Gasteiger partial charge in [-0.15, -0.1) is 11.3 Å². The van der Waals surface area contributed by atoms with Crippen molar-refractivity contribution in [2.24, 2.45) is 0 Å². The third-order valence-electron chi connectivity index (χ3n) is 3.21. The largest absolute Gasteiger partial charge is 0.323 e. The fraction of sp³-hybridized carbons (Fsp3) is 0.0625. The molecule has 0 atom stereocenters. The van der Waals surface area contributed by atoms with Gasteiger partial charge >= 0.3 is 0 Å². The molecule has 0 spiro atoms. The molecule has 0 aliphatic carbocycles. The Balaban J connectivity index is 1.70. The van der Waals surface area contributed by atoms with Crippen molar-refractivity contribution in [3.8, 4) is 10.7 Å². The van der Waals surface area contributed by atoms with E-state index in [0.29, 0.717) is 16.4 Å². The maximum absolute atomic E-state index is 13.7. The average molecular weight is 358 g/mol. The third kappa shape index (κ3) is 4.01. The van der Waals surface area contributed by atoms with E-state index in [2.05, 4.69) is 15.3 Å². The lowest BCUT2D eigenvalue weighted by molar-refractivity contribution is -0.384. The van der Waals surface area contributed by atoms with Crippen molar-refractivity contribution >= 4 is 28.6 Å². The molecule has 0 radical (unpaired) electrons. The van der Waals surface area contributed by atoms with E-state index in [4.69, 9.17) is 0 Å². The Kier molecular flexibility index (Phi) is 4.75. The maximum atomic E-state index is 13.7. The molecule has 25 heavy (non-hydrogen) atoms. The molecule has 2 heterocycles. The SMILES string of the molecule is O=C(Cc1csc(-c2ccccn2)n1)Nc1cc([N+](=O)[O-])ccc1F. The van der Waals surface area contributed by atoms with E-state index < -0.39 is 16.6 Å². The molecule has 126 valence electrons. The smallest absolute Gasteiger partial charge is 0.271 e. The number of non-ortho nitro benzene ring substituents is 1. The van der Waals surface area contributed by atoms with Crippen LogP contribution in [0.3, 0.4) is 0 Å². The number of thiazole rings is 1. The number of hydrogen-bond donors (Lipinski definition) is 1. The highest BCUT2D eigenvalue weighted by atomic mass is 32.1. The Morgan fingerprint density at radius 1 is 1.32 bits per heavy atom. The van der Waals surface area contributed by atoms with Gasteiger partial charge in [-0.1, -0.05) is 6.07 Å². The first kappa shape index (κ1) is 16.7. The minimum Gasteiger partial charge on any atom is -0.323 e. The molecule has 9 heteroatoms. The topological polar surface area (TPSA) is 98.0 Å². The Labute approximate surface area is 145 Å². The molecule has 3 rings (SSSR count). The minimum absolute atomic E-state index is 0.0779. The molecule has 0 fully saturated rings. The summed E-state index contributed by atoms with van der Waals surface area (Å²) in [5.41, 5.74) is 0.667. The fourth-order valence-corrected chi connectivity index (χ4v) is 2.87. The number of nitrogens with zero attached hydrogens (tertiary/aromatic N) is 3. The van der Waals surface area contributed by atoms with Crippen molar-refractivity contribution in [1.29, 1.82) is 0 Å². The van der Waals surface area contributed by atoms with Gasteiger partial charge in [-0.3, -0.25) is 19.9 Å². The van der Waals surface area contributed by atoms with Crippen molar-refractivity contribution in [2.45, 2.75) is 6.42 Å². The third-order valence-corrected chi connectivity index (χ3v) is 4.13. The number of amides is 1. The normalized spacial score (nSPS) is 10.4. The standard InChI is InChI=1S/C16H11FN4O3S/c17-12-5-4-11(21(23)24)8-14(12)20-15(22)7-10-9-25-16(19-10)13-3-1-2-6-18-13/h1-6,8-9H,7H2,(H,20,22). The second kappa shape index (κ2) is 7.14. The van der Waals surface area contributed by atoms with Gasteiger partial charge in [-0.2, -0.15) is 0 Å². The van der Waals surface area contributed by atoms with Gasteiger partial charge in [0, 0.05) is 23.7 Å². The van der Waals surface area contributed by atoms with Gasteiger partial charge in [0.1, 0.15) is 10.8 Å². The molecule has 1 N–H and O–H groups in total. The first-order valence-electron chi connectivity index (χ1n) is 7.12. The van der Waals surface area contributed by atoms with Crippen LogP contribution >= 0.6 is 11.3 Å². The maximum Gasteiger partial charge on any atom is 0.271 e. The minimum atomic E-state index is -0.744. The van der Waals surface area contributed by atoms with Gasteiger partial charge in [0.2, 0.25) is 5.91 Å². The fourth-order valence-electron chi connectivity index (χ4n) is 2.08. The summed E-state index contributed by atoms with van der Waals surface area (Å²) in [5, 5.41) is 15.5. The lowest BCUT2D eigenvalue weighted by Crippen LogP contribution is -2.15. The molecule has 3 aromatic rings. The van der Waals surface area contributed by atoms with E-state index in [0.717, 1.165) is 18.2 Å². The van der Waals surface area contributed by atoms with E-state index in [9.17, 15) is 19.3 Å². The number of benzene rings is 1. The van der Waals surface area contributed by atoms with Crippen LogP contribution in [0.5, 0.6) is 0 Å². The molecule has 1 aromatic carbocycles. The molecule has 1 amide bonds. The van der Waals surface area contributed by atoms with Crippen LogP contribution in [0.15, 0.2) is 48.0 Å². The zero-order valence-electron chi connectivity index (χ0n) is 12.7. The highest BCUT2D eigenvalue weighted by Crippen LogP contribution is 2.23. The number of pyridine rings is 1. The Morgan fingerprint density at radius 2 is 2.16 bits per heavy atom. The van der Waals surface area contributed by atoms with E-state index in [1.807, 2.05) is 6.07 Å². The average Bonchev–Trinajstić information content (AvgIpc) is 3.06. The van der Waals surface area contributed by atoms with Crippen LogP contribution in [0.25, 0.3) is 10.7 Å². The second-order valence-corrected chi connectivity index (χ2v) is 5.86. The summed E-state index contributed by atoms with van der Waals surface area (Å²) in [4.78, 5) is 30.6. The monoisotopic (exact) mass is 358 g/mol. The predicted octanol–water partition coefficient (Wildman–Crippen LogP) is 3.43. The number of carbonyl (C=O) groups is 1. The number of nitro benzene ring substituents is 1. The summed E-state index contributed by atoms with van der Waals surface area (Å²) < 4.78 is 13.7. The van der Waals surface area contributed by atoms with Crippen LogP contribution in [0.1, 0.15) is 5.69 Å². The Bertz CT molecular complexity index is 930. The molecule has 0 bridgehead atoms. The quantitative estimate of drug-likeness (QED) is 0.556. The molecule has 0 saturated carbocycles. The molecule has 2 aromatic heterocycles. The van der Waals surface area contributed by atoms with E-state index in [-0.39, 0.29) is 17.8 Å². The summed E-state index contributed by atoms with van der Waals surface area (Å²) in [5.74, 6) is -1.26. The summed E-state index contributed by atoms with van der Waals surface area (Å²) in [7, 11) is 0. The molecular weight excluding hydrogens is 347 g/mol.